The number of carboxylic acid groups (broad SMARTS) is 1. The number of aliphatic carboxylic acids is 1. The summed E-state index contributed by atoms with van der Waals surface area (Å²) >= 11 is 6.13. The number of rotatable bonds is 7. The molecule has 1 fully saturated rings. The average molecular weight is 313 g/mol. The SMILES string of the molecule is COc1c(C(CC(=O)O)C2CC2)cc(Cl)c(C=O)c1OC. The fourth-order valence-electron chi connectivity index (χ4n) is 2.66. The van der Waals surface area contributed by atoms with Crippen LogP contribution >= 0.6 is 11.6 Å². The minimum absolute atomic E-state index is 0.000938. The van der Waals surface area contributed by atoms with Crippen molar-refractivity contribution in [2.75, 3.05) is 14.2 Å². The van der Waals surface area contributed by atoms with E-state index < -0.39 is 5.97 Å². The number of methoxy groups -OCH3 is 2. The Balaban J connectivity index is 2.57. The molecule has 2 rings (SSSR count). The molecule has 1 aliphatic carbocycles. The van der Waals surface area contributed by atoms with E-state index in [0.717, 1.165) is 12.8 Å². The molecule has 0 aliphatic heterocycles. The zero-order chi connectivity index (χ0) is 15.6. The first kappa shape index (κ1) is 15.6. The van der Waals surface area contributed by atoms with Crippen LogP contribution in [0.25, 0.3) is 0 Å². The van der Waals surface area contributed by atoms with Crippen molar-refractivity contribution in [3.05, 3.63) is 22.2 Å². The predicted molar refractivity (Wildman–Crippen MR) is 77.7 cm³/mol. The van der Waals surface area contributed by atoms with Crippen molar-refractivity contribution in [2.45, 2.75) is 25.2 Å². The lowest BCUT2D eigenvalue weighted by molar-refractivity contribution is -0.137. The summed E-state index contributed by atoms with van der Waals surface area (Å²) in [5.41, 5.74) is 0.902. The third-order valence-corrected chi connectivity index (χ3v) is 4.08. The molecule has 0 aromatic heterocycles. The van der Waals surface area contributed by atoms with Crippen LogP contribution in [-0.2, 0) is 4.79 Å². The van der Waals surface area contributed by atoms with Gasteiger partial charge in [-0.25, -0.2) is 0 Å². The highest BCUT2D eigenvalue weighted by Gasteiger charge is 2.37. The zero-order valence-electron chi connectivity index (χ0n) is 11.9. The van der Waals surface area contributed by atoms with Crippen LogP contribution in [0.3, 0.4) is 0 Å². The molecular formula is C15H17ClO5. The quantitative estimate of drug-likeness (QED) is 0.783. The predicted octanol–water partition coefficient (Wildman–Crippen LogP) is 3.14. The highest BCUT2D eigenvalue weighted by atomic mass is 35.5. The summed E-state index contributed by atoms with van der Waals surface area (Å²) in [5.74, 6) is -0.112. The van der Waals surface area contributed by atoms with Gasteiger partial charge in [-0.3, -0.25) is 9.59 Å². The van der Waals surface area contributed by atoms with Gasteiger partial charge in [0.15, 0.2) is 17.8 Å². The average Bonchev–Trinajstić information content (AvgIpc) is 3.27. The molecule has 0 amide bonds. The Morgan fingerprint density at radius 3 is 2.48 bits per heavy atom. The Morgan fingerprint density at radius 1 is 1.43 bits per heavy atom. The second-order valence-corrected chi connectivity index (χ2v) is 5.49. The number of halogens is 1. The van der Waals surface area contributed by atoms with E-state index in [2.05, 4.69) is 0 Å². The van der Waals surface area contributed by atoms with Gasteiger partial charge in [0.25, 0.3) is 0 Å². The van der Waals surface area contributed by atoms with Gasteiger partial charge in [-0.1, -0.05) is 11.6 Å². The lowest BCUT2D eigenvalue weighted by atomic mass is 9.89. The molecule has 0 heterocycles. The second kappa shape index (κ2) is 6.35. The molecule has 1 aromatic carbocycles. The van der Waals surface area contributed by atoms with Crippen LogP contribution in [0.4, 0.5) is 0 Å². The maximum atomic E-state index is 11.2. The standard InChI is InChI=1S/C15H17ClO5/c1-20-14-10(9(6-13(18)19)8-3-4-8)5-12(16)11(7-17)15(14)21-2/h5,7-9H,3-4,6H2,1-2H3,(H,18,19). The van der Waals surface area contributed by atoms with Crippen LogP contribution < -0.4 is 9.47 Å². The summed E-state index contributed by atoms with van der Waals surface area (Å²) in [6.45, 7) is 0. The summed E-state index contributed by atoms with van der Waals surface area (Å²) in [7, 11) is 2.89. The number of hydrogen-bond acceptors (Lipinski definition) is 4. The fourth-order valence-corrected chi connectivity index (χ4v) is 2.91. The molecule has 5 nitrogen and oxygen atoms in total. The van der Waals surface area contributed by atoms with Gasteiger partial charge < -0.3 is 14.6 Å². The van der Waals surface area contributed by atoms with Crippen molar-refractivity contribution in [1.82, 2.24) is 0 Å². The van der Waals surface area contributed by atoms with Gasteiger partial charge in [0.2, 0.25) is 0 Å². The Labute approximate surface area is 127 Å². The molecule has 6 heteroatoms. The molecule has 1 unspecified atom stereocenters. The van der Waals surface area contributed by atoms with Crippen LogP contribution in [-0.4, -0.2) is 31.6 Å². The van der Waals surface area contributed by atoms with Crippen molar-refractivity contribution >= 4 is 23.9 Å². The molecule has 0 spiro atoms. The number of carboxylic acids is 1. The smallest absolute Gasteiger partial charge is 0.303 e. The van der Waals surface area contributed by atoms with E-state index in [1.165, 1.54) is 14.2 Å². The highest BCUT2D eigenvalue weighted by molar-refractivity contribution is 6.33. The van der Waals surface area contributed by atoms with E-state index >= 15 is 0 Å². The monoisotopic (exact) mass is 312 g/mol. The Morgan fingerprint density at radius 2 is 2.05 bits per heavy atom. The molecule has 0 bridgehead atoms. The van der Waals surface area contributed by atoms with Gasteiger partial charge in [0, 0.05) is 11.5 Å². The van der Waals surface area contributed by atoms with Crippen LogP contribution in [0.1, 0.15) is 41.1 Å². The summed E-state index contributed by atoms with van der Waals surface area (Å²) in [5, 5.41) is 9.36. The minimum Gasteiger partial charge on any atom is -0.493 e. The molecule has 0 saturated heterocycles. The van der Waals surface area contributed by atoms with Gasteiger partial charge in [-0.2, -0.15) is 0 Å². The largest absolute Gasteiger partial charge is 0.493 e. The highest BCUT2D eigenvalue weighted by Crippen LogP contribution is 2.50. The van der Waals surface area contributed by atoms with E-state index in [9.17, 15) is 9.59 Å². The number of aldehydes is 1. The zero-order valence-corrected chi connectivity index (χ0v) is 12.6. The van der Waals surface area contributed by atoms with Crippen LogP contribution in [0, 0.1) is 5.92 Å². The number of carbonyl (C=O) groups is 2. The van der Waals surface area contributed by atoms with Gasteiger partial charge in [-0.15, -0.1) is 0 Å². The van der Waals surface area contributed by atoms with E-state index in [4.69, 9.17) is 26.2 Å². The second-order valence-electron chi connectivity index (χ2n) is 5.09. The Kier molecular flexibility index (Phi) is 4.73. The summed E-state index contributed by atoms with van der Waals surface area (Å²) < 4.78 is 10.6. The third kappa shape index (κ3) is 3.13. The van der Waals surface area contributed by atoms with Crippen molar-refractivity contribution in [1.29, 1.82) is 0 Å². The van der Waals surface area contributed by atoms with E-state index in [-0.39, 0.29) is 28.7 Å². The van der Waals surface area contributed by atoms with E-state index in [1.54, 1.807) is 6.07 Å². The van der Waals surface area contributed by atoms with Crippen molar-refractivity contribution in [2.24, 2.45) is 5.92 Å². The first-order valence-electron chi connectivity index (χ1n) is 6.64. The molecule has 114 valence electrons. The first-order chi connectivity index (χ1) is 10.0. The molecule has 1 N–H and O–H groups in total. The normalized spacial score (nSPS) is 15.4. The molecule has 1 saturated carbocycles. The maximum Gasteiger partial charge on any atom is 0.303 e. The molecule has 0 radical (unpaired) electrons. The molecule has 1 aromatic rings. The Hall–Kier alpha value is -1.75. The van der Waals surface area contributed by atoms with Crippen molar-refractivity contribution in [3.63, 3.8) is 0 Å². The van der Waals surface area contributed by atoms with Gasteiger partial charge in [0.05, 0.1) is 31.2 Å². The van der Waals surface area contributed by atoms with Crippen LogP contribution in [0.5, 0.6) is 11.5 Å². The summed E-state index contributed by atoms with van der Waals surface area (Å²) in [4.78, 5) is 22.3. The fraction of sp³-hybridized carbons (Fsp3) is 0.467. The van der Waals surface area contributed by atoms with E-state index in [0.29, 0.717) is 23.5 Å². The van der Waals surface area contributed by atoms with Crippen molar-refractivity contribution < 1.29 is 24.2 Å². The Bertz CT molecular complexity index is 566. The van der Waals surface area contributed by atoms with Gasteiger partial charge in [0.1, 0.15) is 0 Å². The number of ether oxygens (including phenoxy) is 2. The van der Waals surface area contributed by atoms with Crippen LogP contribution in [0.2, 0.25) is 5.02 Å². The number of benzene rings is 1. The lowest BCUT2D eigenvalue weighted by Crippen LogP contribution is -2.11. The molecule has 21 heavy (non-hydrogen) atoms. The minimum atomic E-state index is -0.872. The molecule has 1 aliphatic rings. The molecule has 1 atom stereocenters. The molecular weight excluding hydrogens is 296 g/mol. The number of hydrogen-bond donors (Lipinski definition) is 1. The van der Waals surface area contributed by atoms with Crippen LogP contribution in [0.15, 0.2) is 6.07 Å². The number of carbonyl (C=O) groups excluding carboxylic acids is 1. The van der Waals surface area contributed by atoms with Crippen molar-refractivity contribution in [3.8, 4) is 11.5 Å². The lowest BCUT2D eigenvalue weighted by Gasteiger charge is -2.21. The van der Waals surface area contributed by atoms with Gasteiger partial charge >= 0.3 is 5.97 Å². The van der Waals surface area contributed by atoms with E-state index in [1.807, 2.05) is 0 Å². The van der Waals surface area contributed by atoms with Gasteiger partial charge in [-0.05, 0) is 24.8 Å². The summed E-state index contributed by atoms with van der Waals surface area (Å²) in [6, 6.07) is 1.62. The summed E-state index contributed by atoms with van der Waals surface area (Å²) in [6.07, 6.45) is 2.57. The maximum absolute atomic E-state index is 11.2. The topological polar surface area (TPSA) is 72.8 Å². The first-order valence-corrected chi connectivity index (χ1v) is 7.02. The third-order valence-electron chi connectivity index (χ3n) is 3.76.